The van der Waals surface area contributed by atoms with Gasteiger partial charge in [0.25, 0.3) is 0 Å². The summed E-state index contributed by atoms with van der Waals surface area (Å²) >= 11 is 0. The quantitative estimate of drug-likeness (QED) is 0.680. The van der Waals surface area contributed by atoms with Crippen LogP contribution in [0.3, 0.4) is 0 Å². The van der Waals surface area contributed by atoms with Gasteiger partial charge < -0.3 is 14.6 Å². The molecule has 0 unspecified atom stereocenters. The molecule has 0 amide bonds. The zero-order valence-electron chi connectivity index (χ0n) is 12.3. The van der Waals surface area contributed by atoms with Crippen molar-refractivity contribution in [3.05, 3.63) is 29.3 Å². The Morgan fingerprint density at radius 2 is 1.91 bits per heavy atom. The van der Waals surface area contributed by atoms with Gasteiger partial charge in [-0.3, -0.25) is 4.79 Å². The summed E-state index contributed by atoms with van der Waals surface area (Å²) in [6, 6.07) is 2.46. The van der Waals surface area contributed by atoms with Crippen LogP contribution in [-0.4, -0.2) is 52.3 Å². The molecule has 0 fully saturated rings. The first-order valence-electron chi connectivity index (χ1n) is 6.16. The molecule has 0 saturated carbocycles. The summed E-state index contributed by atoms with van der Waals surface area (Å²) in [5, 5.41) is 9.07. The smallest absolute Gasteiger partial charge is 0.337 e. The lowest BCUT2D eigenvalue weighted by atomic mass is 10.1. The van der Waals surface area contributed by atoms with Crippen molar-refractivity contribution in [2.24, 2.45) is 0 Å². The Morgan fingerprint density at radius 3 is 2.36 bits per heavy atom. The van der Waals surface area contributed by atoms with Gasteiger partial charge in [0.1, 0.15) is 6.04 Å². The predicted molar refractivity (Wildman–Crippen MR) is 75.7 cm³/mol. The van der Waals surface area contributed by atoms with Crippen LogP contribution in [0.5, 0.6) is 0 Å². The standard InChI is InChI=1S/C13H17NO7S/c1-8-6-9(12(16)20-2)4-5-11(8)22(18,19)14-10(7-15)13(17)21-3/h4-6,10,14-15H,7H2,1-3H3/t10-/m0/s1. The zero-order chi connectivity index (χ0) is 16.9. The molecule has 0 saturated heterocycles. The van der Waals surface area contributed by atoms with Gasteiger partial charge in [0, 0.05) is 0 Å². The number of hydrogen-bond acceptors (Lipinski definition) is 7. The van der Waals surface area contributed by atoms with Gasteiger partial charge in [0.05, 0.1) is 31.3 Å². The number of benzene rings is 1. The van der Waals surface area contributed by atoms with Crippen LogP contribution in [0, 0.1) is 6.92 Å². The summed E-state index contributed by atoms with van der Waals surface area (Å²) in [6.07, 6.45) is 0. The average Bonchev–Trinajstić information content (AvgIpc) is 2.50. The number of aliphatic hydroxyl groups excluding tert-OH is 1. The molecular formula is C13H17NO7S. The summed E-state index contributed by atoms with van der Waals surface area (Å²) < 4.78 is 35.5. The maximum Gasteiger partial charge on any atom is 0.337 e. The van der Waals surface area contributed by atoms with E-state index in [2.05, 4.69) is 9.47 Å². The lowest BCUT2D eigenvalue weighted by Crippen LogP contribution is -2.44. The number of carbonyl (C=O) groups excluding carboxylic acids is 2. The number of carbonyl (C=O) groups is 2. The maximum absolute atomic E-state index is 12.2. The molecule has 8 nitrogen and oxygen atoms in total. The minimum atomic E-state index is -4.07. The van der Waals surface area contributed by atoms with Crippen LogP contribution in [0.25, 0.3) is 0 Å². The van der Waals surface area contributed by atoms with Gasteiger partial charge in [-0.15, -0.1) is 0 Å². The van der Waals surface area contributed by atoms with Gasteiger partial charge in [-0.2, -0.15) is 4.72 Å². The molecule has 0 spiro atoms. The third-order valence-corrected chi connectivity index (χ3v) is 4.48. The van der Waals surface area contributed by atoms with Crippen molar-refractivity contribution >= 4 is 22.0 Å². The van der Waals surface area contributed by atoms with Gasteiger partial charge in [0.2, 0.25) is 10.0 Å². The molecule has 0 aliphatic rings. The van der Waals surface area contributed by atoms with E-state index < -0.39 is 34.6 Å². The number of hydrogen-bond donors (Lipinski definition) is 2. The first-order valence-corrected chi connectivity index (χ1v) is 7.65. The lowest BCUT2D eigenvalue weighted by Gasteiger charge is -2.15. The topological polar surface area (TPSA) is 119 Å². The molecule has 1 aromatic rings. The first kappa shape index (κ1) is 18.1. The highest BCUT2D eigenvalue weighted by Gasteiger charge is 2.27. The van der Waals surface area contributed by atoms with Gasteiger partial charge >= 0.3 is 11.9 Å². The van der Waals surface area contributed by atoms with Crippen LogP contribution in [-0.2, 0) is 24.3 Å². The first-order chi connectivity index (χ1) is 10.3. The molecule has 0 heterocycles. The molecule has 0 bridgehead atoms. The Hall–Kier alpha value is -1.97. The third-order valence-electron chi connectivity index (χ3n) is 2.85. The maximum atomic E-state index is 12.2. The second-order valence-electron chi connectivity index (χ2n) is 4.35. The van der Waals surface area contributed by atoms with E-state index in [0.717, 1.165) is 7.11 Å². The zero-order valence-corrected chi connectivity index (χ0v) is 13.1. The van der Waals surface area contributed by atoms with E-state index in [1.165, 1.54) is 32.2 Å². The highest BCUT2D eigenvalue weighted by Crippen LogP contribution is 2.17. The summed E-state index contributed by atoms with van der Waals surface area (Å²) in [4.78, 5) is 22.6. The molecule has 1 aromatic carbocycles. The number of sulfonamides is 1. The number of aryl methyl sites for hydroxylation is 1. The molecule has 0 aromatic heterocycles. The van der Waals surface area contributed by atoms with Crippen LogP contribution >= 0.6 is 0 Å². The number of nitrogens with one attached hydrogen (secondary N) is 1. The fourth-order valence-electron chi connectivity index (χ4n) is 1.75. The summed E-state index contributed by atoms with van der Waals surface area (Å²) in [5.41, 5.74) is 0.489. The van der Waals surface area contributed by atoms with Crippen LogP contribution in [0.15, 0.2) is 23.1 Å². The largest absolute Gasteiger partial charge is 0.468 e. The molecule has 1 rings (SSSR count). The van der Waals surface area contributed by atoms with E-state index in [9.17, 15) is 18.0 Å². The SMILES string of the molecule is COC(=O)c1ccc(S(=O)(=O)N[C@@H](CO)C(=O)OC)c(C)c1. The van der Waals surface area contributed by atoms with Crippen molar-refractivity contribution < 1.29 is 32.6 Å². The molecule has 22 heavy (non-hydrogen) atoms. The number of esters is 2. The molecule has 0 aliphatic carbocycles. The van der Waals surface area contributed by atoms with Crippen LogP contribution < -0.4 is 4.72 Å². The van der Waals surface area contributed by atoms with E-state index in [4.69, 9.17) is 5.11 Å². The second kappa shape index (κ2) is 7.34. The summed E-state index contributed by atoms with van der Waals surface area (Å²) in [7, 11) is -1.78. The van der Waals surface area contributed by atoms with E-state index in [1.807, 2.05) is 4.72 Å². The highest BCUT2D eigenvalue weighted by molar-refractivity contribution is 7.89. The Bertz CT molecular complexity index is 669. The minimum Gasteiger partial charge on any atom is -0.468 e. The molecule has 0 aliphatic heterocycles. The Morgan fingerprint density at radius 1 is 1.27 bits per heavy atom. The number of aliphatic hydroxyl groups is 1. The van der Waals surface area contributed by atoms with Crippen molar-refractivity contribution in [1.29, 1.82) is 0 Å². The van der Waals surface area contributed by atoms with Crippen molar-refractivity contribution in [2.75, 3.05) is 20.8 Å². The summed E-state index contributed by atoms with van der Waals surface area (Å²) in [5.74, 6) is -1.50. The van der Waals surface area contributed by atoms with E-state index in [0.29, 0.717) is 0 Å². The molecule has 1 atom stereocenters. The van der Waals surface area contributed by atoms with E-state index in [-0.39, 0.29) is 16.0 Å². The molecular weight excluding hydrogens is 314 g/mol. The summed E-state index contributed by atoms with van der Waals surface area (Å²) in [6.45, 7) is 0.748. The molecule has 122 valence electrons. The second-order valence-corrected chi connectivity index (χ2v) is 6.03. The molecule has 9 heteroatoms. The Labute approximate surface area is 128 Å². The monoisotopic (exact) mass is 331 g/mol. The van der Waals surface area contributed by atoms with Gasteiger partial charge in [-0.25, -0.2) is 13.2 Å². The van der Waals surface area contributed by atoms with E-state index >= 15 is 0 Å². The minimum absolute atomic E-state index is 0.123. The van der Waals surface area contributed by atoms with Crippen molar-refractivity contribution in [2.45, 2.75) is 17.9 Å². The number of rotatable bonds is 6. The van der Waals surface area contributed by atoms with Gasteiger partial charge in [-0.05, 0) is 30.7 Å². The normalized spacial score (nSPS) is 12.5. The van der Waals surface area contributed by atoms with Crippen molar-refractivity contribution in [3.8, 4) is 0 Å². The molecule has 2 N–H and O–H groups in total. The Balaban J connectivity index is 3.13. The number of ether oxygens (including phenoxy) is 2. The average molecular weight is 331 g/mol. The van der Waals surface area contributed by atoms with Gasteiger partial charge in [-0.1, -0.05) is 0 Å². The van der Waals surface area contributed by atoms with Crippen LogP contribution in [0.2, 0.25) is 0 Å². The van der Waals surface area contributed by atoms with Crippen LogP contribution in [0.4, 0.5) is 0 Å². The third kappa shape index (κ3) is 4.03. The lowest BCUT2D eigenvalue weighted by molar-refractivity contribution is -0.143. The van der Waals surface area contributed by atoms with E-state index in [1.54, 1.807) is 0 Å². The number of methoxy groups -OCH3 is 2. The van der Waals surface area contributed by atoms with Crippen molar-refractivity contribution in [1.82, 2.24) is 4.72 Å². The van der Waals surface area contributed by atoms with Crippen LogP contribution in [0.1, 0.15) is 15.9 Å². The highest BCUT2D eigenvalue weighted by atomic mass is 32.2. The fourth-order valence-corrected chi connectivity index (χ4v) is 3.15. The fraction of sp³-hybridized carbons (Fsp3) is 0.385. The molecule has 0 radical (unpaired) electrons. The van der Waals surface area contributed by atoms with Gasteiger partial charge in [0.15, 0.2) is 0 Å². The van der Waals surface area contributed by atoms with Crippen molar-refractivity contribution in [3.63, 3.8) is 0 Å². The predicted octanol–water partition coefficient (Wildman–Crippen LogP) is -0.406. The Kier molecular flexibility index (Phi) is 6.03.